The van der Waals surface area contributed by atoms with Crippen LogP contribution in [0.4, 0.5) is 23.2 Å². The number of Topliss-reactive ketones (excluding diaryl/α,β-unsaturated/α-hetero) is 1. The van der Waals surface area contributed by atoms with Gasteiger partial charge < -0.3 is 0 Å². The number of carbonyl (C=O) groups is 1. The lowest BCUT2D eigenvalue weighted by atomic mass is 10.0. The number of halogens is 4. The molecule has 0 fully saturated rings. The summed E-state index contributed by atoms with van der Waals surface area (Å²) in [5, 5.41) is 10.4. The summed E-state index contributed by atoms with van der Waals surface area (Å²) in [6.07, 6.45) is -5.03. The maximum atomic E-state index is 13.1. The van der Waals surface area contributed by atoms with E-state index in [0.717, 1.165) is 6.92 Å². The summed E-state index contributed by atoms with van der Waals surface area (Å²) in [5.41, 5.74) is -3.89. The molecule has 1 rings (SSSR count). The van der Waals surface area contributed by atoms with Gasteiger partial charge in [-0.2, -0.15) is 13.2 Å². The van der Waals surface area contributed by atoms with Crippen LogP contribution in [0, 0.1) is 15.9 Å². The first-order valence-corrected chi connectivity index (χ1v) is 4.20. The topological polar surface area (TPSA) is 60.2 Å². The SMILES string of the molecule is CC(=O)c1cc(C(F)(F)F)c([N+](=O)[O-])cc1F. The number of carbonyl (C=O) groups excluding carboxylic acids is 1. The van der Waals surface area contributed by atoms with Crippen molar-refractivity contribution in [1.82, 2.24) is 0 Å². The smallest absolute Gasteiger partial charge is 0.294 e. The number of ketones is 1. The van der Waals surface area contributed by atoms with Gasteiger partial charge in [-0.1, -0.05) is 0 Å². The second-order valence-corrected chi connectivity index (χ2v) is 3.16. The number of alkyl halides is 3. The highest BCUT2D eigenvalue weighted by atomic mass is 19.4. The van der Waals surface area contributed by atoms with Gasteiger partial charge in [-0.15, -0.1) is 0 Å². The summed E-state index contributed by atoms with van der Waals surface area (Å²) in [7, 11) is 0. The number of rotatable bonds is 2. The van der Waals surface area contributed by atoms with E-state index in [-0.39, 0.29) is 12.1 Å². The average molecular weight is 251 g/mol. The van der Waals surface area contributed by atoms with Crippen molar-refractivity contribution in [3.63, 3.8) is 0 Å². The van der Waals surface area contributed by atoms with Crippen LogP contribution < -0.4 is 0 Å². The van der Waals surface area contributed by atoms with Crippen molar-refractivity contribution in [2.75, 3.05) is 0 Å². The molecule has 0 aliphatic carbocycles. The van der Waals surface area contributed by atoms with Crippen LogP contribution >= 0.6 is 0 Å². The highest BCUT2D eigenvalue weighted by molar-refractivity contribution is 5.94. The molecule has 0 unspecified atom stereocenters. The van der Waals surface area contributed by atoms with Gasteiger partial charge in [-0.25, -0.2) is 4.39 Å². The molecule has 92 valence electrons. The minimum atomic E-state index is -5.03. The first kappa shape index (κ1) is 13.1. The van der Waals surface area contributed by atoms with Gasteiger partial charge in [0.15, 0.2) is 5.78 Å². The maximum absolute atomic E-state index is 13.1. The molecule has 8 heteroatoms. The van der Waals surface area contributed by atoms with Gasteiger partial charge in [0.25, 0.3) is 5.69 Å². The lowest BCUT2D eigenvalue weighted by Crippen LogP contribution is -2.12. The van der Waals surface area contributed by atoms with Crippen LogP contribution in [-0.2, 0) is 6.18 Å². The molecular formula is C9H5F4NO3. The lowest BCUT2D eigenvalue weighted by Gasteiger charge is -2.09. The highest BCUT2D eigenvalue weighted by Gasteiger charge is 2.39. The standard InChI is InChI=1S/C9H5F4NO3/c1-4(15)5-2-6(9(11,12)13)8(14(16)17)3-7(5)10/h2-3H,1H3. The van der Waals surface area contributed by atoms with Crippen molar-refractivity contribution in [3.05, 3.63) is 39.2 Å². The molecule has 0 amide bonds. The predicted molar refractivity (Wildman–Crippen MR) is 48.1 cm³/mol. The van der Waals surface area contributed by atoms with E-state index in [4.69, 9.17) is 0 Å². The van der Waals surface area contributed by atoms with Crippen LogP contribution in [-0.4, -0.2) is 10.7 Å². The Hall–Kier alpha value is -1.99. The average Bonchev–Trinajstić information content (AvgIpc) is 2.14. The number of hydrogen-bond acceptors (Lipinski definition) is 3. The maximum Gasteiger partial charge on any atom is 0.423 e. The Labute approximate surface area is 92.0 Å². The third-order valence-electron chi connectivity index (χ3n) is 1.97. The summed E-state index contributed by atoms with van der Waals surface area (Å²) in [5.74, 6) is -2.29. The summed E-state index contributed by atoms with van der Waals surface area (Å²) < 4.78 is 50.5. The van der Waals surface area contributed by atoms with E-state index in [1.165, 1.54) is 0 Å². The Kier molecular flexibility index (Phi) is 3.16. The predicted octanol–water partition coefficient (Wildman–Crippen LogP) is 2.96. The number of hydrogen-bond donors (Lipinski definition) is 0. The molecule has 0 aliphatic heterocycles. The van der Waals surface area contributed by atoms with Gasteiger partial charge in [-0.3, -0.25) is 14.9 Å². The fourth-order valence-electron chi connectivity index (χ4n) is 1.21. The van der Waals surface area contributed by atoms with Crippen molar-refractivity contribution < 1.29 is 27.3 Å². The zero-order chi connectivity index (χ0) is 13.4. The van der Waals surface area contributed by atoms with Gasteiger partial charge in [0.1, 0.15) is 11.4 Å². The van der Waals surface area contributed by atoms with Gasteiger partial charge in [0.2, 0.25) is 0 Å². The minimum Gasteiger partial charge on any atom is -0.294 e. The molecule has 0 saturated carbocycles. The summed E-state index contributed by atoms with van der Waals surface area (Å²) in [4.78, 5) is 19.9. The van der Waals surface area contributed by atoms with Crippen molar-refractivity contribution in [2.45, 2.75) is 13.1 Å². The second kappa shape index (κ2) is 4.11. The van der Waals surface area contributed by atoms with E-state index >= 15 is 0 Å². The van der Waals surface area contributed by atoms with Crippen molar-refractivity contribution in [2.24, 2.45) is 0 Å². The summed E-state index contributed by atoms with van der Waals surface area (Å²) >= 11 is 0. The second-order valence-electron chi connectivity index (χ2n) is 3.16. The molecule has 0 atom stereocenters. The highest BCUT2D eigenvalue weighted by Crippen LogP contribution is 2.37. The van der Waals surface area contributed by atoms with E-state index in [1.807, 2.05) is 0 Å². The van der Waals surface area contributed by atoms with Crippen LogP contribution in [0.1, 0.15) is 22.8 Å². The molecule has 1 aromatic carbocycles. The third kappa shape index (κ3) is 2.58. The van der Waals surface area contributed by atoms with Crippen LogP contribution in [0.25, 0.3) is 0 Å². The van der Waals surface area contributed by atoms with E-state index in [9.17, 15) is 32.5 Å². The first-order chi connectivity index (χ1) is 7.64. The molecule has 0 radical (unpaired) electrons. The van der Waals surface area contributed by atoms with Crippen LogP contribution in [0.3, 0.4) is 0 Å². The Balaban J connectivity index is 3.60. The molecule has 1 aromatic rings. The van der Waals surface area contributed by atoms with Crippen LogP contribution in [0.15, 0.2) is 12.1 Å². The lowest BCUT2D eigenvalue weighted by molar-refractivity contribution is -0.388. The molecule has 0 aliphatic rings. The van der Waals surface area contributed by atoms with Crippen molar-refractivity contribution in [3.8, 4) is 0 Å². The molecule has 0 bridgehead atoms. The summed E-state index contributed by atoms with van der Waals surface area (Å²) in [6.45, 7) is 0.865. The zero-order valence-electron chi connectivity index (χ0n) is 8.34. The molecular weight excluding hydrogens is 246 g/mol. The Morgan fingerprint density at radius 1 is 1.35 bits per heavy atom. The molecule has 0 saturated heterocycles. The fraction of sp³-hybridized carbons (Fsp3) is 0.222. The van der Waals surface area contributed by atoms with Gasteiger partial charge >= 0.3 is 6.18 Å². The molecule has 4 nitrogen and oxygen atoms in total. The van der Waals surface area contributed by atoms with E-state index < -0.39 is 39.5 Å². The van der Waals surface area contributed by atoms with Gasteiger partial charge in [0, 0.05) is 0 Å². The number of benzene rings is 1. The van der Waals surface area contributed by atoms with Gasteiger partial charge in [0.05, 0.1) is 16.6 Å². The Bertz CT molecular complexity index is 496. The fourth-order valence-corrected chi connectivity index (χ4v) is 1.21. The van der Waals surface area contributed by atoms with Crippen molar-refractivity contribution >= 4 is 11.5 Å². The van der Waals surface area contributed by atoms with Gasteiger partial charge in [-0.05, 0) is 13.0 Å². The zero-order valence-corrected chi connectivity index (χ0v) is 8.34. The first-order valence-electron chi connectivity index (χ1n) is 4.20. The Morgan fingerprint density at radius 2 is 1.88 bits per heavy atom. The van der Waals surface area contributed by atoms with E-state index in [2.05, 4.69) is 0 Å². The quantitative estimate of drug-likeness (QED) is 0.351. The normalized spacial score (nSPS) is 11.4. The Morgan fingerprint density at radius 3 is 2.24 bits per heavy atom. The van der Waals surface area contributed by atoms with Crippen LogP contribution in [0.2, 0.25) is 0 Å². The van der Waals surface area contributed by atoms with Crippen LogP contribution in [0.5, 0.6) is 0 Å². The molecule has 0 aromatic heterocycles. The number of nitrogens with zero attached hydrogens (tertiary/aromatic N) is 1. The summed E-state index contributed by atoms with van der Waals surface area (Å²) in [6, 6.07) is 0.245. The molecule has 0 N–H and O–H groups in total. The number of nitro groups is 1. The molecule has 0 spiro atoms. The number of nitro benzene ring substituents is 1. The van der Waals surface area contributed by atoms with E-state index in [0.29, 0.717) is 0 Å². The van der Waals surface area contributed by atoms with Crippen molar-refractivity contribution in [1.29, 1.82) is 0 Å². The van der Waals surface area contributed by atoms with E-state index in [1.54, 1.807) is 0 Å². The largest absolute Gasteiger partial charge is 0.423 e. The monoisotopic (exact) mass is 251 g/mol. The minimum absolute atomic E-state index is 0.0968. The third-order valence-corrected chi connectivity index (χ3v) is 1.97. The molecule has 17 heavy (non-hydrogen) atoms. The molecule has 0 heterocycles.